The van der Waals surface area contributed by atoms with Gasteiger partial charge in [0.2, 0.25) is 0 Å². The van der Waals surface area contributed by atoms with Gasteiger partial charge in [0.25, 0.3) is 0 Å². The molecule has 2 aromatic rings. The van der Waals surface area contributed by atoms with E-state index in [-0.39, 0.29) is 5.56 Å². The van der Waals surface area contributed by atoms with Gasteiger partial charge in [0, 0.05) is 9.79 Å². The van der Waals surface area contributed by atoms with Crippen LogP contribution in [0.5, 0.6) is 0 Å². The maximum Gasteiger partial charge on any atom is 0.416 e. The molecule has 2 aromatic carbocycles. The van der Waals surface area contributed by atoms with Gasteiger partial charge in [0.05, 0.1) is 11.1 Å². The van der Waals surface area contributed by atoms with E-state index in [1.54, 1.807) is 0 Å². The van der Waals surface area contributed by atoms with Crippen LogP contribution in [-0.4, -0.2) is 0 Å². The predicted octanol–water partition coefficient (Wildman–Crippen LogP) is 5.35. The van der Waals surface area contributed by atoms with Crippen LogP contribution in [0.1, 0.15) is 22.3 Å². The molecule has 0 unspecified atom stereocenters. The van der Waals surface area contributed by atoms with Crippen molar-refractivity contribution in [1.29, 1.82) is 5.26 Å². The summed E-state index contributed by atoms with van der Waals surface area (Å²) in [6, 6.07) is 11.0. The van der Waals surface area contributed by atoms with Gasteiger partial charge in [0.1, 0.15) is 6.07 Å². The Hall–Kier alpha value is -1.93. The molecule has 0 aliphatic rings. The molecular formula is C16H12F3NS. The van der Waals surface area contributed by atoms with Crippen molar-refractivity contribution in [2.75, 3.05) is 0 Å². The van der Waals surface area contributed by atoms with Gasteiger partial charge in [0.15, 0.2) is 0 Å². The maximum absolute atomic E-state index is 12.7. The molecule has 0 radical (unpaired) electrons. The largest absolute Gasteiger partial charge is 0.416 e. The van der Waals surface area contributed by atoms with Gasteiger partial charge in [-0.1, -0.05) is 23.9 Å². The summed E-state index contributed by atoms with van der Waals surface area (Å²) in [5.41, 5.74) is 1.32. The van der Waals surface area contributed by atoms with Crippen LogP contribution in [-0.2, 0) is 6.18 Å². The molecule has 0 heterocycles. The summed E-state index contributed by atoms with van der Waals surface area (Å²) in [4.78, 5) is 1.46. The molecule has 0 fully saturated rings. The van der Waals surface area contributed by atoms with Crippen molar-refractivity contribution >= 4 is 11.8 Å². The van der Waals surface area contributed by atoms with Gasteiger partial charge >= 0.3 is 6.18 Å². The van der Waals surface area contributed by atoms with Crippen molar-refractivity contribution in [1.82, 2.24) is 0 Å². The van der Waals surface area contributed by atoms with E-state index in [4.69, 9.17) is 5.26 Å². The van der Waals surface area contributed by atoms with Crippen LogP contribution in [0.25, 0.3) is 0 Å². The predicted molar refractivity (Wildman–Crippen MR) is 76.2 cm³/mol. The van der Waals surface area contributed by atoms with E-state index in [0.717, 1.165) is 28.2 Å². The monoisotopic (exact) mass is 307 g/mol. The molecule has 0 saturated carbocycles. The summed E-state index contributed by atoms with van der Waals surface area (Å²) < 4.78 is 38.0. The van der Waals surface area contributed by atoms with Crippen LogP contribution >= 0.6 is 11.8 Å². The van der Waals surface area contributed by atoms with E-state index < -0.39 is 11.7 Å². The average Bonchev–Trinajstić information content (AvgIpc) is 2.42. The summed E-state index contributed by atoms with van der Waals surface area (Å²) in [6.07, 6.45) is -4.44. The Morgan fingerprint density at radius 1 is 1.00 bits per heavy atom. The van der Waals surface area contributed by atoms with Gasteiger partial charge < -0.3 is 0 Å². The lowest BCUT2D eigenvalue weighted by Gasteiger charge is -2.11. The first-order chi connectivity index (χ1) is 9.81. The zero-order chi connectivity index (χ0) is 15.6. The van der Waals surface area contributed by atoms with Crippen LogP contribution in [0.15, 0.2) is 46.2 Å². The first-order valence-electron chi connectivity index (χ1n) is 6.17. The number of rotatable bonds is 2. The Balaban J connectivity index is 2.41. The van der Waals surface area contributed by atoms with Crippen LogP contribution < -0.4 is 0 Å². The first kappa shape index (κ1) is 15.5. The van der Waals surface area contributed by atoms with Gasteiger partial charge in [-0.15, -0.1) is 0 Å². The van der Waals surface area contributed by atoms with Gasteiger partial charge in [-0.2, -0.15) is 18.4 Å². The smallest absolute Gasteiger partial charge is 0.192 e. The van der Waals surface area contributed by atoms with E-state index in [1.807, 2.05) is 38.1 Å². The molecule has 0 aromatic heterocycles. The molecule has 0 bridgehead atoms. The Bertz CT molecular complexity index is 714. The third-order valence-corrected chi connectivity index (χ3v) is 4.23. The number of aryl methyl sites for hydroxylation is 2. The first-order valence-corrected chi connectivity index (χ1v) is 6.99. The summed E-state index contributed by atoms with van der Waals surface area (Å²) in [6.45, 7) is 3.87. The SMILES string of the molecule is Cc1ccc(C)c(Sc2ccc(C(F)(F)F)cc2C#N)c1. The lowest BCUT2D eigenvalue weighted by Crippen LogP contribution is -2.05. The minimum atomic E-state index is -4.44. The molecule has 0 spiro atoms. The molecule has 5 heteroatoms. The summed E-state index contributed by atoms with van der Waals surface area (Å²) in [7, 11) is 0. The highest BCUT2D eigenvalue weighted by molar-refractivity contribution is 7.99. The summed E-state index contributed by atoms with van der Waals surface area (Å²) >= 11 is 1.31. The number of benzene rings is 2. The normalized spacial score (nSPS) is 11.2. The summed E-state index contributed by atoms with van der Waals surface area (Å²) in [5, 5.41) is 9.08. The van der Waals surface area contributed by atoms with Gasteiger partial charge in [-0.05, 0) is 49.2 Å². The van der Waals surface area contributed by atoms with Crippen LogP contribution in [0, 0.1) is 25.2 Å². The number of alkyl halides is 3. The van der Waals surface area contributed by atoms with Crippen molar-refractivity contribution in [2.45, 2.75) is 29.8 Å². The lowest BCUT2D eigenvalue weighted by molar-refractivity contribution is -0.137. The zero-order valence-corrected chi connectivity index (χ0v) is 12.3. The van der Waals surface area contributed by atoms with Gasteiger partial charge in [-0.3, -0.25) is 0 Å². The van der Waals surface area contributed by atoms with E-state index in [0.29, 0.717) is 4.90 Å². The lowest BCUT2D eigenvalue weighted by atomic mass is 10.1. The molecule has 2 rings (SSSR count). The second-order valence-corrected chi connectivity index (χ2v) is 5.78. The van der Waals surface area contributed by atoms with Crippen LogP contribution in [0.3, 0.4) is 0 Å². The Morgan fingerprint density at radius 3 is 2.33 bits per heavy atom. The minimum Gasteiger partial charge on any atom is -0.192 e. The third-order valence-electron chi connectivity index (χ3n) is 2.99. The number of hydrogen-bond donors (Lipinski definition) is 0. The highest BCUT2D eigenvalue weighted by Crippen LogP contribution is 2.36. The Labute approximate surface area is 125 Å². The molecule has 0 saturated heterocycles. The van der Waals surface area contributed by atoms with E-state index in [1.165, 1.54) is 17.8 Å². The standard InChI is InChI=1S/C16H12F3NS/c1-10-3-4-11(2)15(7-10)21-14-6-5-13(16(17,18)19)8-12(14)9-20/h3-8H,1-2H3. The fraction of sp³-hybridized carbons (Fsp3) is 0.188. The highest BCUT2D eigenvalue weighted by atomic mass is 32.2. The number of nitrogens with zero attached hydrogens (tertiary/aromatic N) is 1. The van der Waals surface area contributed by atoms with Crippen molar-refractivity contribution in [3.63, 3.8) is 0 Å². The maximum atomic E-state index is 12.7. The Kier molecular flexibility index (Phi) is 4.29. The molecule has 0 aliphatic heterocycles. The zero-order valence-electron chi connectivity index (χ0n) is 11.5. The van der Waals surface area contributed by atoms with Crippen molar-refractivity contribution in [3.05, 3.63) is 58.7 Å². The molecule has 108 valence electrons. The van der Waals surface area contributed by atoms with E-state index >= 15 is 0 Å². The molecule has 0 atom stereocenters. The topological polar surface area (TPSA) is 23.8 Å². The molecule has 0 aliphatic carbocycles. The number of halogens is 3. The fourth-order valence-electron chi connectivity index (χ4n) is 1.82. The average molecular weight is 307 g/mol. The quantitative estimate of drug-likeness (QED) is 0.747. The number of hydrogen-bond acceptors (Lipinski definition) is 2. The van der Waals surface area contributed by atoms with Crippen LogP contribution in [0.2, 0.25) is 0 Å². The van der Waals surface area contributed by atoms with E-state index in [9.17, 15) is 13.2 Å². The van der Waals surface area contributed by atoms with Crippen molar-refractivity contribution in [3.8, 4) is 6.07 Å². The minimum absolute atomic E-state index is 0.0377. The molecule has 21 heavy (non-hydrogen) atoms. The van der Waals surface area contributed by atoms with Crippen LogP contribution in [0.4, 0.5) is 13.2 Å². The second kappa shape index (κ2) is 5.82. The fourth-order valence-corrected chi connectivity index (χ4v) is 2.88. The van der Waals surface area contributed by atoms with Gasteiger partial charge in [-0.25, -0.2) is 0 Å². The number of nitriles is 1. The van der Waals surface area contributed by atoms with E-state index in [2.05, 4.69) is 0 Å². The van der Waals surface area contributed by atoms with Crippen molar-refractivity contribution < 1.29 is 13.2 Å². The summed E-state index contributed by atoms with van der Waals surface area (Å²) in [5.74, 6) is 0. The molecule has 0 amide bonds. The highest BCUT2D eigenvalue weighted by Gasteiger charge is 2.31. The molecule has 0 N–H and O–H groups in total. The second-order valence-electron chi connectivity index (χ2n) is 4.69. The third kappa shape index (κ3) is 3.59. The molecular weight excluding hydrogens is 295 g/mol. The Morgan fingerprint density at radius 2 is 1.71 bits per heavy atom. The van der Waals surface area contributed by atoms with Crippen molar-refractivity contribution in [2.24, 2.45) is 0 Å². The molecule has 1 nitrogen and oxygen atoms in total.